The van der Waals surface area contributed by atoms with Gasteiger partial charge in [0.2, 0.25) is 0 Å². The van der Waals surface area contributed by atoms with Gasteiger partial charge in [0.1, 0.15) is 12.4 Å². The Morgan fingerprint density at radius 2 is 1.39 bits per heavy atom. The molecule has 170 valence electrons. The molecule has 1 unspecified atom stereocenters. The van der Waals surface area contributed by atoms with Gasteiger partial charge in [-0.1, -0.05) is 80.6 Å². The standard InChI is InChI=1S/C30H33NOS/c1-4-31(5-2)21-22-32-26-17-13-24(14-18-26)30(25-15-19-27(33-3)20-16-25)29-12-8-10-23-9-6-7-11-28(23)29/h6-20,30H,4-5,21-22H2,1-3H3. The Morgan fingerprint density at radius 3 is 2.06 bits per heavy atom. The van der Waals surface area contributed by atoms with Crippen LogP contribution in [0.3, 0.4) is 0 Å². The van der Waals surface area contributed by atoms with Crippen molar-refractivity contribution < 1.29 is 4.74 Å². The zero-order valence-corrected chi connectivity index (χ0v) is 20.6. The first kappa shape index (κ1) is 23.4. The van der Waals surface area contributed by atoms with Crippen molar-refractivity contribution >= 4 is 22.5 Å². The van der Waals surface area contributed by atoms with Crippen LogP contribution in [0.5, 0.6) is 5.75 Å². The minimum Gasteiger partial charge on any atom is -0.492 e. The monoisotopic (exact) mass is 455 g/mol. The second kappa shape index (κ2) is 11.4. The van der Waals surface area contributed by atoms with E-state index in [0.29, 0.717) is 6.61 Å². The number of benzene rings is 4. The molecule has 0 aliphatic heterocycles. The number of ether oxygens (including phenoxy) is 1. The molecule has 0 aromatic heterocycles. The van der Waals surface area contributed by atoms with Crippen LogP contribution in [0.15, 0.2) is 95.9 Å². The summed E-state index contributed by atoms with van der Waals surface area (Å²) in [7, 11) is 0. The number of nitrogens with zero attached hydrogens (tertiary/aromatic N) is 1. The Labute approximate surface area is 202 Å². The summed E-state index contributed by atoms with van der Waals surface area (Å²) in [6.45, 7) is 8.16. The lowest BCUT2D eigenvalue weighted by Gasteiger charge is -2.22. The second-order valence-electron chi connectivity index (χ2n) is 8.22. The van der Waals surface area contributed by atoms with Gasteiger partial charge in [0.25, 0.3) is 0 Å². The minimum atomic E-state index is 0.164. The zero-order valence-electron chi connectivity index (χ0n) is 19.8. The van der Waals surface area contributed by atoms with Gasteiger partial charge in [-0.05, 0) is 71.1 Å². The Bertz CT molecular complexity index is 1140. The molecule has 0 spiro atoms. The largest absolute Gasteiger partial charge is 0.492 e. The van der Waals surface area contributed by atoms with Crippen molar-refractivity contribution in [1.82, 2.24) is 4.90 Å². The average molecular weight is 456 g/mol. The van der Waals surface area contributed by atoms with Gasteiger partial charge in [-0.25, -0.2) is 0 Å². The fraction of sp³-hybridized carbons (Fsp3) is 0.267. The molecule has 0 saturated carbocycles. The van der Waals surface area contributed by atoms with E-state index in [4.69, 9.17) is 4.74 Å². The Morgan fingerprint density at radius 1 is 0.758 bits per heavy atom. The van der Waals surface area contributed by atoms with E-state index in [-0.39, 0.29) is 5.92 Å². The molecule has 4 aromatic carbocycles. The summed E-state index contributed by atoms with van der Waals surface area (Å²) >= 11 is 1.78. The smallest absolute Gasteiger partial charge is 0.119 e. The van der Waals surface area contributed by atoms with Gasteiger partial charge in [0, 0.05) is 17.4 Å². The lowest BCUT2D eigenvalue weighted by atomic mass is 9.83. The molecule has 2 nitrogen and oxygen atoms in total. The van der Waals surface area contributed by atoms with Gasteiger partial charge in [-0.3, -0.25) is 0 Å². The Hall–Kier alpha value is -2.75. The quantitative estimate of drug-likeness (QED) is 0.182. The van der Waals surface area contributed by atoms with Crippen molar-refractivity contribution in [2.24, 2.45) is 0 Å². The van der Waals surface area contributed by atoms with E-state index in [1.54, 1.807) is 11.8 Å². The molecule has 0 fully saturated rings. The fourth-order valence-electron chi connectivity index (χ4n) is 4.44. The summed E-state index contributed by atoms with van der Waals surface area (Å²) in [5.74, 6) is 1.09. The summed E-state index contributed by atoms with van der Waals surface area (Å²) in [6, 6.07) is 33.0. The first-order valence-electron chi connectivity index (χ1n) is 11.8. The fourth-order valence-corrected chi connectivity index (χ4v) is 4.85. The summed E-state index contributed by atoms with van der Waals surface area (Å²) in [6.07, 6.45) is 2.12. The van der Waals surface area contributed by atoms with E-state index >= 15 is 0 Å². The summed E-state index contributed by atoms with van der Waals surface area (Å²) in [5, 5.41) is 2.58. The molecule has 0 bridgehead atoms. The normalized spacial score (nSPS) is 12.2. The molecule has 0 heterocycles. The van der Waals surface area contributed by atoms with Crippen LogP contribution in [0.2, 0.25) is 0 Å². The molecule has 4 rings (SSSR count). The Balaban J connectivity index is 1.66. The first-order valence-corrected chi connectivity index (χ1v) is 13.0. The van der Waals surface area contributed by atoms with Gasteiger partial charge in [-0.15, -0.1) is 11.8 Å². The molecule has 33 heavy (non-hydrogen) atoms. The third-order valence-electron chi connectivity index (χ3n) is 6.37. The molecular formula is C30H33NOS. The molecule has 0 N–H and O–H groups in total. The van der Waals surface area contributed by atoms with Crippen LogP contribution in [-0.2, 0) is 0 Å². The summed E-state index contributed by atoms with van der Waals surface area (Å²) in [4.78, 5) is 3.66. The molecule has 3 heteroatoms. The number of hydrogen-bond donors (Lipinski definition) is 0. The minimum absolute atomic E-state index is 0.164. The maximum Gasteiger partial charge on any atom is 0.119 e. The number of hydrogen-bond acceptors (Lipinski definition) is 3. The van der Waals surface area contributed by atoms with E-state index in [1.165, 1.54) is 32.4 Å². The van der Waals surface area contributed by atoms with E-state index in [1.807, 2.05) is 0 Å². The van der Waals surface area contributed by atoms with E-state index in [0.717, 1.165) is 25.4 Å². The summed E-state index contributed by atoms with van der Waals surface area (Å²) < 4.78 is 6.04. The van der Waals surface area contributed by atoms with Gasteiger partial charge in [0.05, 0.1) is 0 Å². The van der Waals surface area contributed by atoms with Crippen LogP contribution in [0.4, 0.5) is 0 Å². The molecule has 0 radical (unpaired) electrons. The predicted molar refractivity (Wildman–Crippen MR) is 143 cm³/mol. The van der Waals surface area contributed by atoms with Gasteiger partial charge < -0.3 is 9.64 Å². The van der Waals surface area contributed by atoms with Gasteiger partial charge >= 0.3 is 0 Å². The number of fused-ring (bicyclic) bond motifs is 1. The Kier molecular flexibility index (Phi) is 8.09. The van der Waals surface area contributed by atoms with Crippen LogP contribution >= 0.6 is 11.8 Å². The SMILES string of the molecule is CCN(CC)CCOc1ccc(C(c2ccc(SC)cc2)c2cccc3ccccc23)cc1. The molecule has 0 saturated heterocycles. The first-order chi connectivity index (χ1) is 16.2. The third kappa shape index (κ3) is 5.61. The molecule has 0 aliphatic carbocycles. The van der Waals surface area contributed by atoms with Crippen LogP contribution in [0.1, 0.15) is 36.5 Å². The summed E-state index contributed by atoms with van der Waals surface area (Å²) in [5.41, 5.74) is 3.92. The van der Waals surface area contributed by atoms with Crippen molar-refractivity contribution in [1.29, 1.82) is 0 Å². The molecule has 0 aliphatic rings. The lowest BCUT2D eigenvalue weighted by Crippen LogP contribution is -2.27. The van der Waals surface area contributed by atoms with Crippen LogP contribution in [0, 0.1) is 0 Å². The highest BCUT2D eigenvalue weighted by Crippen LogP contribution is 2.37. The van der Waals surface area contributed by atoms with Gasteiger partial charge in [0.15, 0.2) is 0 Å². The average Bonchev–Trinajstić information content (AvgIpc) is 2.88. The molecule has 1 atom stereocenters. The van der Waals surface area contributed by atoms with Crippen LogP contribution in [0.25, 0.3) is 10.8 Å². The van der Waals surface area contributed by atoms with Crippen molar-refractivity contribution in [3.8, 4) is 5.75 Å². The highest BCUT2D eigenvalue weighted by Gasteiger charge is 2.19. The lowest BCUT2D eigenvalue weighted by molar-refractivity contribution is 0.223. The number of likely N-dealkylation sites (N-methyl/N-ethyl adjacent to an activating group) is 1. The van der Waals surface area contributed by atoms with Crippen molar-refractivity contribution in [3.05, 3.63) is 108 Å². The van der Waals surface area contributed by atoms with Gasteiger partial charge in [-0.2, -0.15) is 0 Å². The zero-order chi connectivity index (χ0) is 23.0. The van der Waals surface area contributed by atoms with E-state index < -0.39 is 0 Å². The van der Waals surface area contributed by atoms with Crippen LogP contribution in [-0.4, -0.2) is 37.4 Å². The maximum absolute atomic E-state index is 6.04. The topological polar surface area (TPSA) is 12.5 Å². The number of thioether (sulfide) groups is 1. The number of rotatable bonds is 10. The predicted octanol–water partition coefficient (Wildman–Crippen LogP) is 7.46. The molecular weight excluding hydrogens is 422 g/mol. The molecule has 0 amide bonds. The van der Waals surface area contributed by atoms with E-state index in [9.17, 15) is 0 Å². The third-order valence-corrected chi connectivity index (χ3v) is 7.11. The van der Waals surface area contributed by atoms with Crippen molar-refractivity contribution in [2.75, 3.05) is 32.5 Å². The van der Waals surface area contributed by atoms with Crippen molar-refractivity contribution in [3.63, 3.8) is 0 Å². The van der Waals surface area contributed by atoms with E-state index in [2.05, 4.69) is 116 Å². The molecule has 4 aromatic rings. The van der Waals surface area contributed by atoms with Crippen molar-refractivity contribution in [2.45, 2.75) is 24.7 Å². The second-order valence-corrected chi connectivity index (χ2v) is 9.10. The highest BCUT2D eigenvalue weighted by molar-refractivity contribution is 7.98. The van der Waals surface area contributed by atoms with Crippen LogP contribution < -0.4 is 4.74 Å². The highest BCUT2D eigenvalue weighted by atomic mass is 32.2. The maximum atomic E-state index is 6.04.